The Kier molecular flexibility index (Phi) is 5.44. The van der Waals surface area contributed by atoms with Crippen molar-refractivity contribution in [3.05, 3.63) is 16.4 Å². The molecule has 0 atom stereocenters. The van der Waals surface area contributed by atoms with Crippen molar-refractivity contribution in [2.45, 2.75) is 70.9 Å². The quantitative estimate of drug-likeness (QED) is 0.778. The standard InChI is InChI=1S/C16H25ClN2O2/c1-4-19-13(15(17)12(2)18-19)11-14(20)16(21-3)9-7-5-6-8-10-16/h4-11H2,1-3H3. The minimum Gasteiger partial charge on any atom is -0.370 e. The molecule has 0 saturated heterocycles. The fourth-order valence-corrected chi connectivity index (χ4v) is 3.45. The van der Waals surface area contributed by atoms with Crippen LogP contribution in [-0.2, 0) is 22.5 Å². The lowest BCUT2D eigenvalue weighted by Gasteiger charge is -2.29. The van der Waals surface area contributed by atoms with Crippen LogP contribution in [0.4, 0.5) is 0 Å². The maximum atomic E-state index is 12.9. The van der Waals surface area contributed by atoms with Gasteiger partial charge in [-0.2, -0.15) is 5.10 Å². The number of rotatable bonds is 5. The van der Waals surface area contributed by atoms with Crippen molar-refractivity contribution < 1.29 is 9.53 Å². The lowest BCUT2D eigenvalue weighted by atomic mass is 9.87. The molecule has 0 radical (unpaired) electrons. The second-order valence-corrected chi connectivity index (χ2v) is 6.25. The van der Waals surface area contributed by atoms with E-state index in [9.17, 15) is 4.79 Å². The second-order valence-electron chi connectivity index (χ2n) is 5.87. The first-order chi connectivity index (χ1) is 10.0. The van der Waals surface area contributed by atoms with E-state index in [1.807, 2.05) is 18.5 Å². The molecule has 5 heteroatoms. The number of aromatic nitrogens is 2. The number of hydrogen-bond acceptors (Lipinski definition) is 3. The summed E-state index contributed by atoms with van der Waals surface area (Å²) in [5.74, 6) is 0.142. The summed E-state index contributed by atoms with van der Waals surface area (Å²) in [6.45, 7) is 4.60. The molecule has 0 amide bonds. The summed E-state index contributed by atoms with van der Waals surface area (Å²) in [6.07, 6.45) is 6.43. The third kappa shape index (κ3) is 3.32. The van der Waals surface area contributed by atoms with Gasteiger partial charge in [-0.15, -0.1) is 0 Å². The Bertz CT molecular complexity index is 503. The van der Waals surface area contributed by atoms with Crippen molar-refractivity contribution in [3.8, 4) is 0 Å². The van der Waals surface area contributed by atoms with E-state index in [1.165, 1.54) is 12.8 Å². The van der Waals surface area contributed by atoms with Crippen LogP contribution in [0.25, 0.3) is 0 Å². The van der Waals surface area contributed by atoms with E-state index >= 15 is 0 Å². The highest BCUT2D eigenvalue weighted by molar-refractivity contribution is 6.32. The molecule has 1 heterocycles. The summed E-state index contributed by atoms with van der Waals surface area (Å²) in [4.78, 5) is 12.9. The van der Waals surface area contributed by atoms with Gasteiger partial charge in [0.2, 0.25) is 0 Å². The number of hydrogen-bond donors (Lipinski definition) is 0. The number of carbonyl (C=O) groups is 1. The number of carbonyl (C=O) groups excluding carboxylic acids is 1. The summed E-state index contributed by atoms with van der Waals surface area (Å²) in [7, 11) is 1.66. The van der Waals surface area contributed by atoms with E-state index in [0.717, 1.165) is 43.6 Å². The van der Waals surface area contributed by atoms with E-state index in [0.29, 0.717) is 11.4 Å². The van der Waals surface area contributed by atoms with E-state index in [1.54, 1.807) is 7.11 Å². The third-order valence-corrected chi connectivity index (χ3v) is 5.08. The van der Waals surface area contributed by atoms with Crippen LogP contribution in [0.5, 0.6) is 0 Å². The van der Waals surface area contributed by atoms with Crippen LogP contribution in [0.15, 0.2) is 0 Å². The molecule has 1 fully saturated rings. The van der Waals surface area contributed by atoms with Crippen molar-refractivity contribution in [1.29, 1.82) is 0 Å². The number of Topliss-reactive ketones (excluding diaryl/α,β-unsaturated/α-hetero) is 1. The van der Waals surface area contributed by atoms with Crippen molar-refractivity contribution in [2.75, 3.05) is 7.11 Å². The van der Waals surface area contributed by atoms with E-state index in [4.69, 9.17) is 16.3 Å². The summed E-state index contributed by atoms with van der Waals surface area (Å²) < 4.78 is 7.52. The minimum atomic E-state index is -0.628. The van der Waals surface area contributed by atoms with Gasteiger partial charge in [0.05, 0.1) is 22.8 Å². The fourth-order valence-electron chi connectivity index (χ4n) is 3.25. The minimum absolute atomic E-state index is 0.142. The topological polar surface area (TPSA) is 44.1 Å². The Labute approximate surface area is 131 Å². The van der Waals surface area contributed by atoms with Gasteiger partial charge in [-0.05, 0) is 26.7 Å². The first-order valence-corrected chi connectivity index (χ1v) is 8.22. The monoisotopic (exact) mass is 312 g/mol. The van der Waals surface area contributed by atoms with Gasteiger partial charge in [-0.1, -0.05) is 37.3 Å². The van der Waals surface area contributed by atoms with Gasteiger partial charge in [-0.3, -0.25) is 9.48 Å². The number of methoxy groups -OCH3 is 1. The third-order valence-electron chi connectivity index (χ3n) is 4.59. The smallest absolute Gasteiger partial charge is 0.170 e. The van der Waals surface area contributed by atoms with Crippen LogP contribution >= 0.6 is 11.6 Å². The molecule has 0 unspecified atom stereocenters. The molecule has 0 aromatic carbocycles. The summed E-state index contributed by atoms with van der Waals surface area (Å²) in [5.41, 5.74) is 0.979. The average molecular weight is 313 g/mol. The van der Waals surface area contributed by atoms with Gasteiger partial charge in [0.1, 0.15) is 5.60 Å². The highest BCUT2D eigenvalue weighted by atomic mass is 35.5. The van der Waals surface area contributed by atoms with Gasteiger partial charge in [-0.25, -0.2) is 0 Å². The molecule has 1 aromatic rings. The molecule has 118 valence electrons. The van der Waals surface area contributed by atoms with Crippen LogP contribution in [0, 0.1) is 6.92 Å². The van der Waals surface area contributed by atoms with E-state index in [-0.39, 0.29) is 5.78 Å². The molecule has 2 rings (SSSR count). The Morgan fingerprint density at radius 3 is 2.48 bits per heavy atom. The van der Waals surface area contributed by atoms with Crippen molar-refractivity contribution in [3.63, 3.8) is 0 Å². The van der Waals surface area contributed by atoms with Gasteiger partial charge < -0.3 is 4.74 Å². The molecule has 0 N–H and O–H groups in total. The van der Waals surface area contributed by atoms with Crippen LogP contribution < -0.4 is 0 Å². The maximum absolute atomic E-state index is 12.9. The first-order valence-electron chi connectivity index (χ1n) is 7.84. The SMILES string of the molecule is CCn1nc(C)c(Cl)c1CC(=O)C1(OC)CCCCCC1. The second kappa shape index (κ2) is 6.93. The van der Waals surface area contributed by atoms with Crippen molar-refractivity contribution in [1.82, 2.24) is 9.78 Å². The molecule has 1 aliphatic carbocycles. The summed E-state index contributed by atoms with van der Waals surface area (Å²) in [6, 6.07) is 0. The number of halogens is 1. The van der Waals surface area contributed by atoms with Crippen LogP contribution in [0.2, 0.25) is 5.02 Å². The van der Waals surface area contributed by atoms with Crippen molar-refractivity contribution in [2.24, 2.45) is 0 Å². The maximum Gasteiger partial charge on any atom is 0.170 e. The largest absolute Gasteiger partial charge is 0.370 e. The fraction of sp³-hybridized carbons (Fsp3) is 0.750. The molecular weight excluding hydrogens is 288 g/mol. The molecular formula is C16H25ClN2O2. The van der Waals surface area contributed by atoms with Crippen molar-refractivity contribution >= 4 is 17.4 Å². The van der Waals surface area contributed by atoms with Crippen LogP contribution in [0.1, 0.15) is 56.8 Å². The molecule has 21 heavy (non-hydrogen) atoms. The average Bonchev–Trinajstić information content (AvgIpc) is 2.69. The van der Waals surface area contributed by atoms with E-state index < -0.39 is 5.60 Å². The van der Waals surface area contributed by atoms with Gasteiger partial charge in [0.15, 0.2) is 5.78 Å². The van der Waals surface area contributed by atoms with Gasteiger partial charge in [0.25, 0.3) is 0 Å². The zero-order valence-corrected chi connectivity index (χ0v) is 14.0. The van der Waals surface area contributed by atoms with Gasteiger partial charge in [0, 0.05) is 13.7 Å². The zero-order valence-electron chi connectivity index (χ0n) is 13.2. The Balaban J connectivity index is 2.23. The lowest BCUT2D eigenvalue weighted by molar-refractivity contribution is -0.142. The van der Waals surface area contributed by atoms with Crippen LogP contribution in [-0.4, -0.2) is 28.3 Å². The predicted molar refractivity (Wildman–Crippen MR) is 83.8 cm³/mol. The highest BCUT2D eigenvalue weighted by Gasteiger charge is 2.38. The summed E-state index contributed by atoms with van der Waals surface area (Å²) in [5, 5.41) is 5.00. The van der Waals surface area contributed by atoms with E-state index in [2.05, 4.69) is 5.10 Å². The number of ether oxygens (including phenoxy) is 1. The molecule has 0 aliphatic heterocycles. The first kappa shape index (κ1) is 16.5. The summed E-state index contributed by atoms with van der Waals surface area (Å²) >= 11 is 6.32. The number of ketones is 1. The number of nitrogens with zero attached hydrogens (tertiary/aromatic N) is 2. The molecule has 1 aromatic heterocycles. The Morgan fingerprint density at radius 1 is 1.33 bits per heavy atom. The molecule has 4 nitrogen and oxygen atoms in total. The molecule has 0 bridgehead atoms. The normalized spacial score (nSPS) is 18.5. The molecule has 0 spiro atoms. The van der Waals surface area contributed by atoms with Gasteiger partial charge >= 0.3 is 0 Å². The lowest BCUT2D eigenvalue weighted by Crippen LogP contribution is -2.41. The molecule has 1 saturated carbocycles. The highest BCUT2D eigenvalue weighted by Crippen LogP contribution is 2.33. The predicted octanol–water partition coefficient (Wildman–Crippen LogP) is 3.72. The Hall–Kier alpha value is -0.870. The Morgan fingerprint density at radius 2 is 1.95 bits per heavy atom. The molecule has 1 aliphatic rings. The number of aryl methyl sites for hydroxylation is 2. The van der Waals surface area contributed by atoms with Crippen LogP contribution in [0.3, 0.4) is 0 Å². The zero-order chi connectivity index (χ0) is 15.5.